The molecule has 0 atom stereocenters. The molecule has 0 fully saturated rings. The Morgan fingerprint density at radius 3 is 1.27 bits per heavy atom. The molecular formula is C33H22ClN3. The van der Waals surface area contributed by atoms with Gasteiger partial charge in [0.2, 0.25) is 0 Å². The minimum atomic E-state index is 0.605. The summed E-state index contributed by atoms with van der Waals surface area (Å²) >= 11 is 6.14. The van der Waals surface area contributed by atoms with Gasteiger partial charge in [-0.3, -0.25) is 0 Å². The average molecular weight is 496 g/mol. The molecular weight excluding hydrogens is 474 g/mol. The third-order valence-corrected chi connectivity index (χ3v) is 6.47. The zero-order valence-corrected chi connectivity index (χ0v) is 20.7. The highest BCUT2D eigenvalue weighted by Gasteiger charge is 2.13. The topological polar surface area (TPSA) is 38.7 Å². The number of hydrogen-bond acceptors (Lipinski definition) is 3. The smallest absolute Gasteiger partial charge is 0.164 e. The van der Waals surface area contributed by atoms with Crippen LogP contribution in [0.2, 0.25) is 5.02 Å². The molecule has 5 aromatic carbocycles. The molecule has 6 aromatic rings. The molecule has 0 radical (unpaired) electrons. The zero-order chi connectivity index (χ0) is 25.0. The monoisotopic (exact) mass is 495 g/mol. The molecule has 0 saturated heterocycles. The molecule has 0 aliphatic carbocycles. The van der Waals surface area contributed by atoms with Gasteiger partial charge in [-0.05, 0) is 52.6 Å². The summed E-state index contributed by atoms with van der Waals surface area (Å²) in [7, 11) is 0. The van der Waals surface area contributed by atoms with Crippen molar-refractivity contribution in [2.24, 2.45) is 0 Å². The van der Waals surface area contributed by atoms with E-state index in [2.05, 4.69) is 60.7 Å². The summed E-state index contributed by atoms with van der Waals surface area (Å²) < 4.78 is 0. The van der Waals surface area contributed by atoms with Crippen molar-refractivity contribution in [1.29, 1.82) is 0 Å². The molecule has 0 unspecified atom stereocenters. The van der Waals surface area contributed by atoms with Crippen LogP contribution in [0.4, 0.5) is 0 Å². The van der Waals surface area contributed by atoms with E-state index in [9.17, 15) is 0 Å². The lowest BCUT2D eigenvalue weighted by molar-refractivity contribution is 1.07. The van der Waals surface area contributed by atoms with Crippen molar-refractivity contribution >= 4 is 11.6 Å². The first-order chi connectivity index (χ1) is 18.2. The fourth-order valence-electron chi connectivity index (χ4n) is 4.27. The van der Waals surface area contributed by atoms with E-state index in [1.54, 1.807) is 0 Å². The molecule has 4 heteroatoms. The molecule has 0 spiro atoms. The second kappa shape index (κ2) is 10.2. The van der Waals surface area contributed by atoms with Crippen LogP contribution in [-0.4, -0.2) is 15.0 Å². The van der Waals surface area contributed by atoms with E-state index in [1.165, 1.54) is 5.56 Å². The number of aromatic nitrogens is 3. The van der Waals surface area contributed by atoms with Crippen molar-refractivity contribution < 1.29 is 0 Å². The van der Waals surface area contributed by atoms with Crippen molar-refractivity contribution in [1.82, 2.24) is 15.0 Å². The fourth-order valence-corrected chi connectivity index (χ4v) is 4.40. The first-order valence-electron chi connectivity index (χ1n) is 12.1. The quantitative estimate of drug-likeness (QED) is 0.240. The zero-order valence-electron chi connectivity index (χ0n) is 19.9. The lowest BCUT2D eigenvalue weighted by Gasteiger charge is -2.10. The van der Waals surface area contributed by atoms with Crippen LogP contribution in [0.15, 0.2) is 133 Å². The largest absolute Gasteiger partial charge is 0.208 e. The number of rotatable bonds is 5. The van der Waals surface area contributed by atoms with Gasteiger partial charge in [-0.1, -0.05) is 115 Å². The highest BCUT2D eigenvalue weighted by atomic mass is 35.5. The first-order valence-corrected chi connectivity index (χ1v) is 12.4. The molecule has 0 amide bonds. The van der Waals surface area contributed by atoms with Crippen molar-refractivity contribution in [3.8, 4) is 56.4 Å². The van der Waals surface area contributed by atoms with Crippen LogP contribution >= 0.6 is 11.6 Å². The van der Waals surface area contributed by atoms with Crippen LogP contribution < -0.4 is 0 Å². The summed E-state index contributed by atoms with van der Waals surface area (Å²) in [6.07, 6.45) is 0. The Labute approximate surface area is 221 Å². The molecule has 37 heavy (non-hydrogen) atoms. The Kier molecular flexibility index (Phi) is 6.28. The van der Waals surface area contributed by atoms with E-state index in [0.717, 1.165) is 33.4 Å². The van der Waals surface area contributed by atoms with Gasteiger partial charge in [-0.25, -0.2) is 15.0 Å². The van der Waals surface area contributed by atoms with E-state index >= 15 is 0 Å². The van der Waals surface area contributed by atoms with Gasteiger partial charge in [0.25, 0.3) is 0 Å². The molecule has 0 bridgehead atoms. The summed E-state index contributed by atoms with van der Waals surface area (Å²) in [6.45, 7) is 0. The highest BCUT2D eigenvalue weighted by Crippen LogP contribution is 2.29. The van der Waals surface area contributed by atoms with Gasteiger partial charge in [-0.15, -0.1) is 0 Å². The van der Waals surface area contributed by atoms with E-state index in [4.69, 9.17) is 26.6 Å². The van der Waals surface area contributed by atoms with Crippen molar-refractivity contribution in [3.63, 3.8) is 0 Å². The highest BCUT2D eigenvalue weighted by molar-refractivity contribution is 6.30. The van der Waals surface area contributed by atoms with Crippen LogP contribution in [0.1, 0.15) is 0 Å². The van der Waals surface area contributed by atoms with E-state index in [-0.39, 0.29) is 0 Å². The summed E-state index contributed by atoms with van der Waals surface area (Å²) in [5.41, 5.74) is 7.32. The standard InChI is InChI=1S/C33H22ClN3/c34-30-20-18-27(19-21-30)32-35-31(26-16-14-25(15-17-26)23-8-3-1-4-9-23)36-33(37-32)29-13-7-12-28(22-29)24-10-5-2-6-11-24/h1-22H. The number of benzene rings is 5. The fraction of sp³-hybridized carbons (Fsp3) is 0. The Bertz CT molecular complexity index is 1650. The third kappa shape index (κ3) is 5.04. The predicted molar refractivity (Wildman–Crippen MR) is 152 cm³/mol. The Morgan fingerprint density at radius 1 is 0.324 bits per heavy atom. The maximum atomic E-state index is 6.14. The number of hydrogen-bond donors (Lipinski definition) is 0. The van der Waals surface area contributed by atoms with Crippen molar-refractivity contribution in [2.75, 3.05) is 0 Å². The second-order valence-electron chi connectivity index (χ2n) is 8.70. The first kappa shape index (κ1) is 22.8. The molecule has 0 saturated carbocycles. The molecule has 1 aromatic heterocycles. The van der Waals surface area contributed by atoms with Gasteiger partial charge in [0.1, 0.15) is 0 Å². The average Bonchev–Trinajstić information content (AvgIpc) is 2.98. The normalized spacial score (nSPS) is 10.8. The molecule has 6 rings (SSSR count). The lowest BCUT2D eigenvalue weighted by Crippen LogP contribution is -2.00. The van der Waals surface area contributed by atoms with E-state index in [1.807, 2.05) is 72.8 Å². The summed E-state index contributed by atoms with van der Waals surface area (Å²) in [6, 6.07) is 44.8. The molecule has 3 nitrogen and oxygen atoms in total. The van der Waals surface area contributed by atoms with Gasteiger partial charge in [0.15, 0.2) is 17.5 Å². The van der Waals surface area contributed by atoms with Gasteiger partial charge in [0, 0.05) is 21.7 Å². The molecule has 0 aliphatic rings. The van der Waals surface area contributed by atoms with Crippen LogP contribution in [0.25, 0.3) is 56.4 Å². The van der Waals surface area contributed by atoms with Gasteiger partial charge in [0.05, 0.1) is 0 Å². The van der Waals surface area contributed by atoms with E-state index < -0.39 is 0 Å². The molecule has 0 N–H and O–H groups in total. The van der Waals surface area contributed by atoms with Crippen LogP contribution in [0.3, 0.4) is 0 Å². The maximum absolute atomic E-state index is 6.14. The van der Waals surface area contributed by atoms with Crippen molar-refractivity contribution in [2.45, 2.75) is 0 Å². The van der Waals surface area contributed by atoms with Crippen molar-refractivity contribution in [3.05, 3.63) is 138 Å². The third-order valence-electron chi connectivity index (χ3n) is 6.22. The van der Waals surface area contributed by atoms with E-state index in [0.29, 0.717) is 22.5 Å². The second-order valence-corrected chi connectivity index (χ2v) is 9.14. The van der Waals surface area contributed by atoms with Gasteiger partial charge >= 0.3 is 0 Å². The van der Waals surface area contributed by atoms with Crippen LogP contribution in [-0.2, 0) is 0 Å². The maximum Gasteiger partial charge on any atom is 0.164 e. The summed E-state index contributed by atoms with van der Waals surface area (Å²) in [5, 5.41) is 0.672. The predicted octanol–water partition coefficient (Wildman–Crippen LogP) is 8.86. The molecule has 176 valence electrons. The summed E-state index contributed by atoms with van der Waals surface area (Å²) in [4.78, 5) is 14.6. The lowest BCUT2D eigenvalue weighted by atomic mass is 10.0. The summed E-state index contributed by atoms with van der Waals surface area (Å²) in [5.74, 6) is 1.86. The van der Waals surface area contributed by atoms with Gasteiger partial charge < -0.3 is 0 Å². The minimum absolute atomic E-state index is 0.605. The SMILES string of the molecule is Clc1ccc(-c2nc(-c3ccc(-c4ccccc4)cc3)nc(-c3cccc(-c4ccccc4)c3)n2)cc1. The van der Waals surface area contributed by atoms with Crippen LogP contribution in [0.5, 0.6) is 0 Å². The Morgan fingerprint density at radius 2 is 0.703 bits per heavy atom. The molecule has 0 aliphatic heterocycles. The minimum Gasteiger partial charge on any atom is -0.208 e. The van der Waals surface area contributed by atoms with Crippen LogP contribution in [0, 0.1) is 0 Å². The number of nitrogens with zero attached hydrogens (tertiary/aromatic N) is 3. The van der Waals surface area contributed by atoms with Gasteiger partial charge in [-0.2, -0.15) is 0 Å². The number of halogens is 1. The Hall–Kier alpha value is -4.60. The molecule has 1 heterocycles. The Balaban J connectivity index is 1.46.